The monoisotopic (exact) mass is 492 g/mol. The summed E-state index contributed by atoms with van der Waals surface area (Å²) in [6.07, 6.45) is 1.75. The highest BCUT2D eigenvalue weighted by Gasteiger charge is 2.29. The Kier molecular flexibility index (Phi) is 6.02. The molecule has 1 aliphatic heterocycles. The van der Waals surface area contributed by atoms with Crippen LogP contribution < -0.4 is 4.72 Å². The molecule has 3 aromatic carbocycles. The average Bonchev–Trinajstić information content (AvgIpc) is 3.30. The number of nitrogens with zero attached hydrogens (tertiary/aromatic N) is 2. The zero-order valence-electron chi connectivity index (χ0n) is 19.2. The van der Waals surface area contributed by atoms with Crippen molar-refractivity contribution in [2.45, 2.75) is 30.6 Å². The summed E-state index contributed by atoms with van der Waals surface area (Å²) in [5.74, 6) is 0.272. The maximum atomic E-state index is 13.5. The highest BCUT2D eigenvalue weighted by molar-refractivity contribution is 7.92. The van der Waals surface area contributed by atoms with Crippen molar-refractivity contribution in [1.82, 2.24) is 14.9 Å². The molecule has 1 amide bonds. The predicted octanol–water partition coefficient (Wildman–Crippen LogP) is 4.83. The minimum atomic E-state index is -3.96. The van der Waals surface area contributed by atoms with E-state index in [1.807, 2.05) is 24.3 Å². The number of sulfonamides is 1. The summed E-state index contributed by atoms with van der Waals surface area (Å²) in [7, 11) is -3.96. The Hall–Kier alpha value is -3.72. The maximum absolute atomic E-state index is 13.5. The van der Waals surface area contributed by atoms with Crippen molar-refractivity contribution < 1.29 is 17.6 Å². The van der Waals surface area contributed by atoms with Gasteiger partial charge >= 0.3 is 0 Å². The molecule has 0 aliphatic carbocycles. The second-order valence-electron chi connectivity index (χ2n) is 8.82. The molecule has 9 heteroatoms. The summed E-state index contributed by atoms with van der Waals surface area (Å²) in [4.78, 5) is 23.3. The van der Waals surface area contributed by atoms with Crippen LogP contribution in [-0.4, -0.2) is 42.3 Å². The minimum Gasteiger partial charge on any atom is -0.342 e. The van der Waals surface area contributed by atoms with Gasteiger partial charge < -0.3 is 9.88 Å². The van der Waals surface area contributed by atoms with Crippen LogP contribution >= 0.6 is 0 Å². The van der Waals surface area contributed by atoms with Gasteiger partial charge in [-0.15, -0.1) is 0 Å². The summed E-state index contributed by atoms with van der Waals surface area (Å²) < 4.78 is 41.5. The number of piperidine rings is 1. The van der Waals surface area contributed by atoms with Gasteiger partial charge in [0.15, 0.2) is 0 Å². The number of fused-ring (bicyclic) bond motifs is 1. The number of carbonyl (C=O) groups is 1. The molecular formula is C26H25FN4O3S. The van der Waals surface area contributed by atoms with Crippen LogP contribution in [0.1, 0.15) is 40.5 Å². The minimum absolute atomic E-state index is 0.0263. The number of nitrogens with one attached hydrogen (secondary N) is 2. The second kappa shape index (κ2) is 9.14. The first-order valence-electron chi connectivity index (χ1n) is 11.4. The third kappa shape index (κ3) is 4.77. The second-order valence-corrected chi connectivity index (χ2v) is 10.5. The first-order chi connectivity index (χ1) is 16.8. The summed E-state index contributed by atoms with van der Waals surface area (Å²) in [6, 6.07) is 17.4. The molecule has 1 saturated heterocycles. The highest BCUT2D eigenvalue weighted by Crippen LogP contribution is 2.29. The molecule has 0 radical (unpaired) electrons. The van der Waals surface area contributed by atoms with E-state index in [4.69, 9.17) is 4.98 Å². The summed E-state index contributed by atoms with van der Waals surface area (Å²) in [5, 5.41) is 0. The summed E-state index contributed by atoms with van der Waals surface area (Å²) in [5.41, 5.74) is 3.14. The molecule has 1 unspecified atom stereocenters. The third-order valence-corrected chi connectivity index (χ3v) is 7.73. The van der Waals surface area contributed by atoms with Gasteiger partial charge in [0.25, 0.3) is 15.9 Å². The number of aryl methyl sites for hydroxylation is 1. The zero-order valence-corrected chi connectivity index (χ0v) is 20.0. The van der Waals surface area contributed by atoms with Crippen molar-refractivity contribution in [2.75, 3.05) is 17.8 Å². The lowest BCUT2D eigenvalue weighted by Gasteiger charge is -2.32. The molecular weight excluding hydrogens is 467 g/mol. The molecule has 1 fully saturated rings. The van der Waals surface area contributed by atoms with Crippen molar-refractivity contribution >= 4 is 32.7 Å². The number of imidazole rings is 1. The molecule has 5 rings (SSSR count). The highest BCUT2D eigenvalue weighted by atomic mass is 32.2. The van der Waals surface area contributed by atoms with Gasteiger partial charge in [-0.3, -0.25) is 9.52 Å². The Morgan fingerprint density at radius 2 is 1.89 bits per heavy atom. The molecule has 2 N–H and O–H groups in total. The van der Waals surface area contributed by atoms with E-state index in [2.05, 4.69) is 9.71 Å². The van der Waals surface area contributed by atoms with E-state index in [0.717, 1.165) is 29.7 Å². The predicted molar refractivity (Wildman–Crippen MR) is 132 cm³/mol. The Bertz CT molecular complexity index is 1470. The van der Waals surface area contributed by atoms with Gasteiger partial charge in [0.1, 0.15) is 11.6 Å². The van der Waals surface area contributed by atoms with E-state index in [1.165, 1.54) is 36.4 Å². The Morgan fingerprint density at radius 1 is 1.11 bits per heavy atom. The van der Waals surface area contributed by atoms with Gasteiger partial charge in [-0.05, 0) is 73.9 Å². The fraction of sp³-hybridized carbons (Fsp3) is 0.231. The quantitative estimate of drug-likeness (QED) is 0.417. The number of amides is 1. The molecule has 0 saturated carbocycles. The van der Waals surface area contributed by atoms with E-state index in [0.29, 0.717) is 24.2 Å². The fourth-order valence-electron chi connectivity index (χ4n) is 4.45. The van der Waals surface area contributed by atoms with E-state index in [1.54, 1.807) is 17.9 Å². The van der Waals surface area contributed by atoms with Crippen molar-refractivity contribution in [1.29, 1.82) is 0 Å². The van der Waals surface area contributed by atoms with Crippen LogP contribution in [0.4, 0.5) is 10.1 Å². The molecule has 35 heavy (non-hydrogen) atoms. The van der Waals surface area contributed by atoms with Gasteiger partial charge in [-0.25, -0.2) is 17.8 Å². The number of anilines is 1. The third-order valence-electron chi connectivity index (χ3n) is 6.35. The van der Waals surface area contributed by atoms with E-state index in [9.17, 15) is 17.6 Å². The number of benzene rings is 3. The number of rotatable bonds is 5. The van der Waals surface area contributed by atoms with Crippen LogP contribution in [0, 0.1) is 12.7 Å². The van der Waals surface area contributed by atoms with Crippen LogP contribution in [0.15, 0.2) is 71.6 Å². The molecule has 1 atom stereocenters. The van der Waals surface area contributed by atoms with Crippen LogP contribution in [0.3, 0.4) is 0 Å². The average molecular weight is 493 g/mol. The molecule has 1 aliphatic rings. The number of H-pyrrole nitrogens is 1. The smallest absolute Gasteiger partial charge is 0.261 e. The van der Waals surface area contributed by atoms with Gasteiger partial charge in [0, 0.05) is 30.3 Å². The lowest BCUT2D eigenvalue weighted by atomic mass is 9.96. The van der Waals surface area contributed by atoms with Gasteiger partial charge in [-0.1, -0.05) is 18.2 Å². The van der Waals surface area contributed by atoms with Crippen LogP contribution in [-0.2, 0) is 10.0 Å². The number of aromatic amines is 1. The van der Waals surface area contributed by atoms with Crippen LogP contribution in [0.25, 0.3) is 11.0 Å². The number of para-hydroxylation sites is 2. The van der Waals surface area contributed by atoms with Crippen molar-refractivity contribution in [3.05, 3.63) is 89.5 Å². The van der Waals surface area contributed by atoms with Crippen molar-refractivity contribution in [3.63, 3.8) is 0 Å². The number of hydrogen-bond donors (Lipinski definition) is 2. The normalized spacial score (nSPS) is 16.4. The maximum Gasteiger partial charge on any atom is 0.261 e. The molecule has 4 aromatic rings. The number of hydrogen-bond acceptors (Lipinski definition) is 4. The van der Waals surface area contributed by atoms with E-state index < -0.39 is 15.8 Å². The molecule has 7 nitrogen and oxygen atoms in total. The first-order valence-corrected chi connectivity index (χ1v) is 12.9. The summed E-state index contributed by atoms with van der Waals surface area (Å²) >= 11 is 0. The lowest BCUT2D eigenvalue weighted by molar-refractivity contribution is 0.0704. The Morgan fingerprint density at radius 3 is 2.66 bits per heavy atom. The lowest BCUT2D eigenvalue weighted by Crippen LogP contribution is -2.39. The SMILES string of the molecule is Cc1ccc(S(=O)(=O)Nc2ccc(F)cc2)cc1C(=O)N1CCCC(c2nc3ccccc3[nH]2)C1. The van der Waals surface area contributed by atoms with Gasteiger partial charge in [0.2, 0.25) is 0 Å². The number of carbonyl (C=O) groups excluding carboxylic acids is 1. The number of likely N-dealkylation sites (tertiary alicyclic amines) is 1. The summed E-state index contributed by atoms with van der Waals surface area (Å²) in [6.45, 7) is 2.89. The fourth-order valence-corrected chi connectivity index (χ4v) is 5.54. The molecule has 2 heterocycles. The number of halogens is 1. The van der Waals surface area contributed by atoms with Crippen LogP contribution in [0.5, 0.6) is 0 Å². The zero-order chi connectivity index (χ0) is 24.6. The molecule has 0 bridgehead atoms. The van der Waals surface area contributed by atoms with E-state index in [-0.39, 0.29) is 22.4 Å². The topological polar surface area (TPSA) is 95.2 Å². The van der Waals surface area contributed by atoms with Gasteiger partial charge in [0.05, 0.1) is 15.9 Å². The van der Waals surface area contributed by atoms with Crippen molar-refractivity contribution in [2.24, 2.45) is 0 Å². The molecule has 0 spiro atoms. The standard InChI is InChI=1S/C26H25FN4O3S/c1-17-8-13-21(35(33,34)30-20-11-9-19(27)10-12-20)15-22(17)26(32)31-14-4-5-18(16-31)25-28-23-6-2-3-7-24(23)29-25/h2-3,6-13,15,18,30H,4-5,14,16H2,1H3,(H,28,29). The number of aromatic nitrogens is 2. The molecule has 180 valence electrons. The Labute approximate surface area is 203 Å². The van der Waals surface area contributed by atoms with E-state index >= 15 is 0 Å². The van der Waals surface area contributed by atoms with Crippen LogP contribution in [0.2, 0.25) is 0 Å². The largest absolute Gasteiger partial charge is 0.342 e. The Balaban J connectivity index is 1.37. The molecule has 1 aromatic heterocycles. The van der Waals surface area contributed by atoms with Crippen molar-refractivity contribution in [3.8, 4) is 0 Å². The first kappa shape index (κ1) is 23.0. The van der Waals surface area contributed by atoms with Gasteiger partial charge in [-0.2, -0.15) is 0 Å².